The molecule has 1 aromatic carbocycles. The van der Waals surface area contributed by atoms with Crippen molar-refractivity contribution in [3.8, 4) is 5.75 Å². The first kappa shape index (κ1) is 17.7. The summed E-state index contributed by atoms with van der Waals surface area (Å²) < 4.78 is 43.3. The predicted octanol–water partition coefficient (Wildman–Crippen LogP) is 4.56. The Balaban J connectivity index is 2.45. The monoisotopic (exact) mass is 355 g/mol. The highest BCUT2D eigenvalue weighted by atomic mass is 32.1. The first-order valence-corrected chi connectivity index (χ1v) is 7.47. The molecule has 2 aromatic rings. The van der Waals surface area contributed by atoms with Gasteiger partial charge in [0.15, 0.2) is 0 Å². The van der Waals surface area contributed by atoms with Crippen LogP contribution in [0.3, 0.4) is 0 Å². The summed E-state index contributed by atoms with van der Waals surface area (Å²) in [5, 5.41) is 11.6. The fraction of sp³-hybridized carbons (Fsp3) is 0.125. The number of aliphatic hydroxyl groups is 1. The minimum atomic E-state index is -5.12. The van der Waals surface area contributed by atoms with Crippen molar-refractivity contribution in [2.45, 2.75) is 6.18 Å². The highest BCUT2D eigenvalue weighted by Gasteiger charge is 2.41. The van der Waals surface area contributed by atoms with E-state index in [9.17, 15) is 23.1 Å². The van der Waals surface area contributed by atoms with Crippen molar-refractivity contribution in [1.29, 1.82) is 0 Å². The zero-order chi connectivity index (χ0) is 17.7. The van der Waals surface area contributed by atoms with Gasteiger partial charge in [0.2, 0.25) is 0 Å². The topological polar surface area (TPSA) is 58.9 Å². The van der Waals surface area contributed by atoms with Crippen molar-refractivity contribution < 1.29 is 27.8 Å². The number of hydrogen-bond donors (Lipinski definition) is 1. The van der Waals surface area contributed by atoms with E-state index in [4.69, 9.17) is 4.74 Å². The van der Waals surface area contributed by atoms with Gasteiger partial charge in [0, 0.05) is 12.3 Å². The van der Waals surface area contributed by atoms with E-state index < -0.39 is 23.3 Å². The number of carbonyl (C=O) groups is 1. The fourth-order valence-electron chi connectivity index (χ4n) is 1.76. The minimum Gasteiger partial charge on any atom is -0.506 e. The highest BCUT2D eigenvalue weighted by Crippen LogP contribution is 2.27. The molecule has 0 atom stereocenters. The number of halogens is 3. The maximum Gasteiger partial charge on any atom is 0.455 e. The van der Waals surface area contributed by atoms with Crippen LogP contribution < -0.4 is 4.74 Å². The third kappa shape index (κ3) is 4.23. The van der Waals surface area contributed by atoms with Crippen molar-refractivity contribution in [2.24, 2.45) is 4.99 Å². The van der Waals surface area contributed by atoms with Crippen LogP contribution in [-0.2, 0) is 4.79 Å². The number of ether oxygens (including phenoxy) is 1. The Morgan fingerprint density at radius 1 is 1.29 bits per heavy atom. The van der Waals surface area contributed by atoms with Crippen molar-refractivity contribution in [2.75, 3.05) is 7.11 Å². The van der Waals surface area contributed by atoms with Gasteiger partial charge in [-0.25, -0.2) is 0 Å². The second-order valence-electron chi connectivity index (χ2n) is 4.53. The van der Waals surface area contributed by atoms with Gasteiger partial charge < -0.3 is 9.84 Å². The summed E-state index contributed by atoms with van der Waals surface area (Å²) in [6, 6.07) is 9.19. The number of ketones is 1. The van der Waals surface area contributed by atoms with Crippen LogP contribution in [0.2, 0.25) is 0 Å². The van der Waals surface area contributed by atoms with E-state index in [2.05, 4.69) is 4.99 Å². The lowest BCUT2D eigenvalue weighted by atomic mass is 10.1. The number of aliphatic imine (C=N–C) groups is 1. The molecule has 4 nitrogen and oxygen atoms in total. The lowest BCUT2D eigenvalue weighted by Crippen LogP contribution is -2.26. The van der Waals surface area contributed by atoms with Crippen LogP contribution in [0.5, 0.6) is 5.75 Å². The first-order valence-electron chi connectivity index (χ1n) is 6.59. The summed E-state index contributed by atoms with van der Waals surface area (Å²) in [5.74, 6) is -2.47. The van der Waals surface area contributed by atoms with Gasteiger partial charge in [-0.3, -0.25) is 9.79 Å². The van der Waals surface area contributed by atoms with E-state index in [1.807, 2.05) is 0 Å². The maximum absolute atomic E-state index is 12.8. The number of benzene rings is 1. The summed E-state index contributed by atoms with van der Waals surface area (Å²) >= 11 is 1.01. The second kappa shape index (κ2) is 7.31. The van der Waals surface area contributed by atoms with E-state index in [-0.39, 0.29) is 10.6 Å². The number of aliphatic hydroxyl groups excluding tert-OH is 1. The lowest BCUT2D eigenvalue weighted by Gasteiger charge is -2.08. The van der Waals surface area contributed by atoms with Gasteiger partial charge >= 0.3 is 6.18 Å². The highest BCUT2D eigenvalue weighted by molar-refractivity contribution is 7.11. The van der Waals surface area contributed by atoms with Gasteiger partial charge in [0.25, 0.3) is 5.78 Å². The molecule has 126 valence electrons. The first-order chi connectivity index (χ1) is 11.3. The Morgan fingerprint density at radius 3 is 2.62 bits per heavy atom. The smallest absolute Gasteiger partial charge is 0.455 e. The molecule has 0 radical (unpaired) electrons. The van der Waals surface area contributed by atoms with E-state index in [0.29, 0.717) is 12.0 Å². The van der Waals surface area contributed by atoms with Crippen LogP contribution in [0.1, 0.15) is 4.88 Å². The van der Waals surface area contributed by atoms with Gasteiger partial charge in [0.05, 0.1) is 23.2 Å². The molecule has 1 aromatic heterocycles. The number of hydrogen-bond acceptors (Lipinski definition) is 5. The molecule has 0 aliphatic heterocycles. The molecular weight excluding hydrogens is 343 g/mol. The number of Topliss-reactive ketones (excluding diaryl/α,β-unsaturated/α-hetero) is 1. The standard InChI is InChI=1S/C16H12F3NO3S/c1-23-11-5-2-4-10(8-11)20-9-12(15(22)16(17,18)19)14(21)13-6-3-7-24-13/h2-9,21H,1H3. The van der Waals surface area contributed by atoms with E-state index in [0.717, 1.165) is 11.3 Å². The van der Waals surface area contributed by atoms with Crippen LogP contribution in [0.15, 0.2) is 52.3 Å². The molecule has 0 bridgehead atoms. The third-order valence-corrected chi connectivity index (χ3v) is 3.78. The van der Waals surface area contributed by atoms with Gasteiger partial charge in [-0.05, 0) is 23.6 Å². The van der Waals surface area contributed by atoms with Crippen LogP contribution in [0, 0.1) is 0 Å². The third-order valence-electron chi connectivity index (χ3n) is 2.91. The summed E-state index contributed by atoms with van der Waals surface area (Å²) in [6.45, 7) is 0. The molecule has 2 rings (SSSR count). The van der Waals surface area contributed by atoms with Gasteiger partial charge in [0.1, 0.15) is 11.5 Å². The molecule has 8 heteroatoms. The van der Waals surface area contributed by atoms with Crippen LogP contribution in [0.4, 0.5) is 18.9 Å². The minimum absolute atomic E-state index is 0.139. The maximum atomic E-state index is 12.8. The number of nitrogens with zero attached hydrogens (tertiary/aromatic N) is 1. The Hall–Kier alpha value is -2.61. The van der Waals surface area contributed by atoms with Gasteiger partial charge in [-0.1, -0.05) is 12.1 Å². The second-order valence-corrected chi connectivity index (χ2v) is 5.47. The normalized spacial score (nSPS) is 13.0. The average molecular weight is 355 g/mol. The average Bonchev–Trinajstić information content (AvgIpc) is 3.08. The largest absolute Gasteiger partial charge is 0.506 e. The number of alkyl halides is 3. The quantitative estimate of drug-likeness (QED) is 0.486. The fourth-order valence-corrected chi connectivity index (χ4v) is 2.44. The number of thiophene rings is 1. The van der Waals surface area contributed by atoms with Crippen molar-refractivity contribution in [3.63, 3.8) is 0 Å². The SMILES string of the molecule is COc1cccc(N=CC(C(=O)C(F)(F)F)=C(O)c2cccs2)c1. The van der Waals surface area contributed by atoms with Crippen LogP contribution >= 0.6 is 11.3 Å². The molecule has 0 fully saturated rings. The lowest BCUT2D eigenvalue weighted by molar-refractivity contribution is -0.165. The van der Waals surface area contributed by atoms with Gasteiger partial charge in [-0.2, -0.15) is 13.2 Å². The Morgan fingerprint density at radius 2 is 2.04 bits per heavy atom. The Kier molecular flexibility index (Phi) is 5.40. The summed E-state index contributed by atoms with van der Waals surface area (Å²) in [4.78, 5) is 15.6. The molecule has 0 amide bonds. The summed E-state index contributed by atoms with van der Waals surface area (Å²) in [7, 11) is 1.43. The summed E-state index contributed by atoms with van der Waals surface area (Å²) in [5.41, 5.74) is -0.645. The van der Waals surface area contributed by atoms with Crippen LogP contribution in [0.25, 0.3) is 5.76 Å². The van der Waals surface area contributed by atoms with Gasteiger partial charge in [-0.15, -0.1) is 11.3 Å². The van der Waals surface area contributed by atoms with E-state index in [1.165, 1.54) is 25.3 Å². The molecular formula is C16H12F3NO3S. The van der Waals surface area contributed by atoms with E-state index in [1.54, 1.807) is 23.6 Å². The molecule has 0 aliphatic carbocycles. The molecule has 1 N–H and O–H groups in total. The molecule has 0 spiro atoms. The number of allylic oxidation sites excluding steroid dienone is 1. The zero-order valence-corrected chi connectivity index (χ0v) is 13.2. The van der Waals surface area contributed by atoms with Crippen molar-refractivity contribution in [1.82, 2.24) is 0 Å². The summed E-state index contributed by atoms with van der Waals surface area (Å²) in [6.07, 6.45) is -4.42. The van der Waals surface area contributed by atoms with Crippen molar-refractivity contribution >= 4 is 34.8 Å². The molecule has 0 saturated heterocycles. The molecule has 1 heterocycles. The Labute approximate surface area is 139 Å². The van der Waals surface area contributed by atoms with Crippen molar-refractivity contribution in [3.05, 3.63) is 52.2 Å². The van der Waals surface area contributed by atoms with E-state index >= 15 is 0 Å². The molecule has 24 heavy (non-hydrogen) atoms. The number of rotatable bonds is 5. The number of methoxy groups -OCH3 is 1. The Bertz CT molecular complexity index is 780. The zero-order valence-electron chi connectivity index (χ0n) is 12.4. The predicted molar refractivity (Wildman–Crippen MR) is 86.1 cm³/mol. The van der Waals surface area contributed by atoms with Crippen LogP contribution in [-0.4, -0.2) is 30.4 Å². The number of carbonyl (C=O) groups excluding carboxylic acids is 1. The molecule has 0 aliphatic rings. The molecule has 0 unspecified atom stereocenters. The molecule has 0 saturated carbocycles.